The van der Waals surface area contributed by atoms with Crippen LogP contribution in [0.5, 0.6) is 0 Å². The van der Waals surface area contributed by atoms with E-state index in [1.54, 1.807) is 0 Å². The molecule has 4 rings (SSSR count). The smallest absolute Gasteiger partial charge is 0.237 e. The van der Waals surface area contributed by atoms with Gasteiger partial charge in [0, 0.05) is 30.5 Å². The van der Waals surface area contributed by atoms with Crippen LogP contribution in [0.2, 0.25) is 5.02 Å². The Bertz CT molecular complexity index is 936. The third-order valence-electron chi connectivity index (χ3n) is 5.11. The lowest BCUT2D eigenvalue weighted by Gasteiger charge is -2.48. The highest BCUT2D eigenvalue weighted by Crippen LogP contribution is 2.49. The number of hydrogen-bond donors (Lipinski definition) is 0. The first-order valence-corrected chi connectivity index (χ1v) is 9.35. The second-order valence-corrected chi connectivity index (χ2v) is 7.44. The average Bonchev–Trinajstić information content (AvgIpc) is 2.68. The third-order valence-corrected chi connectivity index (χ3v) is 5.36. The maximum Gasteiger partial charge on any atom is 0.237 e. The highest BCUT2D eigenvalue weighted by molar-refractivity contribution is 6.30. The molecule has 1 amide bonds. The molecule has 27 heavy (non-hydrogen) atoms. The van der Waals surface area contributed by atoms with Crippen molar-refractivity contribution in [3.8, 4) is 0 Å². The minimum Gasteiger partial charge on any atom is -0.378 e. The van der Waals surface area contributed by atoms with Crippen LogP contribution in [0.15, 0.2) is 78.9 Å². The molecule has 0 bridgehead atoms. The molecule has 0 unspecified atom stereocenters. The molecule has 136 valence electrons. The van der Waals surface area contributed by atoms with Crippen LogP contribution in [0.1, 0.15) is 23.1 Å². The van der Waals surface area contributed by atoms with Gasteiger partial charge in [0.1, 0.15) is 0 Å². The van der Waals surface area contributed by atoms with E-state index in [0.29, 0.717) is 5.02 Å². The van der Waals surface area contributed by atoms with Gasteiger partial charge in [0.2, 0.25) is 5.91 Å². The molecule has 0 aliphatic carbocycles. The largest absolute Gasteiger partial charge is 0.378 e. The number of hydrogen-bond acceptors (Lipinski definition) is 2. The van der Waals surface area contributed by atoms with Crippen LogP contribution >= 0.6 is 11.6 Å². The average molecular weight is 377 g/mol. The van der Waals surface area contributed by atoms with E-state index in [1.807, 2.05) is 73.6 Å². The zero-order valence-electron chi connectivity index (χ0n) is 15.3. The summed E-state index contributed by atoms with van der Waals surface area (Å²) in [6.07, 6.45) is 0. The summed E-state index contributed by atoms with van der Waals surface area (Å²) in [5, 5.41) is 0.665. The molecular weight excluding hydrogens is 356 g/mol. The predicted octanol–water partition coefficient (Wildman–Crippen LogP) is 5.28. The van der Waals surface area contributed by atoms with Crippen molar-refractivity contribution in [1.29, 1.82) is 0 Å². The van der Waals surface area contributed by atoms with Gasteiger partial charge in [0.05, 0.1) is 12.0 Å². The van der Waals surface area contributed by atoms with E-state index in [9.17, 15) is 4.79 Å². The molecule has 3 aromatic rings. The van der Waals surface area contributed by atoms with Crippen molar-refractivity contribution in [2.24, 2.45) is 0 Å². The first-order valence-electron chi connectivity index (χ1n) is 8.97. The molecule has 2 atom stereocenters. The van der Waals surface area contributed by atoms with Crippen molar-refractivity contribution in [3.05, 3.63) is 95.0 Å². The summed E-state index contributed by atoms with van der Waals surface area (Å²) in [4.78, 5) is 17.0. The second-order valence-electron chi connectivity index (χ2n) is 7.00. The lowest BCUT2D eigenvalue weighted by molar-refractivity contribution is -0.126. The van der Waals surface area contributed by atoms with Crippen molar-refractivity contribution >= 4 is 28.9 Å². The highest BCUT2D eigenvalue weighted by Gasteiger charge is 2.49. The Kier molecular flexibility index (Phi) is 4.63. The molecule has 1 heterocycles. The lowest BCUT2D eigenvalue weighted by Crippen LogP contribution is -2.53. The Morgan fingerprint density at radius 1 is 0.815 bits per heavy atom. The van der Waals surface area contributed by atoms with E-state index >= 15 is 0 Å². The van der Waals surface area contributed by atoms with Crippen molar-refractivity contribution in [2.75, 3.05) is 23.9 Å². The Hall–Kier alpha value is -2.78. The van der Waals surface area contributed by atoms with E-state index in [-0.39, 0.29) is 17.9 Å². The molecular formula is C23H21ClN2O. The summed E-state index contributed by atoms with van der Waals surface area (Å²) < 4.78 is 0. The van der Waals surface area contributed by atoms with E-state index in [0.717, 1.165) is 22.5 Å². The summed E-state index contributed by atoms with van der Waals surface area (Å²) >= 11 is 6.03. The monoisotopic (exact) mass is 376 g/mol. The summed E-state index contributed by atoms with van der Waals surface area (Å²) in [6.45, 7) is 0. The summed E-state index contributed by atoms with van der Waals surface area (Å²) in [6, 6.07) is 25.9. The van der Waals surface area contributed by atoms with Crippen LogP contribution in [0, 0.1) is 0 Å². The van der Waals surface area contributed by atoms with Gasteiger partial charge < -0.3 is 9.80 Å². The molecule has 4 heteroatoms. The number of benzene rings is 3. The van der Waals surface area contributed by atoms with Crippen molar-refractivity contribution < 1.29 is 4.79 Å². The zero-order valence-corrected chi connectivity index (χ0v) is 16.1. The van der Waals surface area contributed by atoms with Crippen LogP contribution in [-0.2, 0) is 4.79 Å². The first kappa shape index (κ1) is 17.6. The van der Waals surface area contributed by atoms with Crippen LogP contribution in [0.25, 0.3) is 0 Å². The molecule has 0 aromatic heterocycles. The fourth-order valence-electron chi connectivity index (χ4n) is 3.67. The number of halogens is 1. The van der Waals surface area contributed by atoms with E-state index in [2.05, 4.69) is 29.2 Å². The second kappa shape index (κ2) is 7.09. The minimum atomic E-state index is -0.174. The van der Waals surface area contributed by atoms with Crippen molar-refractivity contribution in [1.82, 2.24) is 0 Å². The Morgan fingerprint density at radius 2 is 1.44 bits per heavy atom. The van der Waals surface area contributed by atoms with Crippen LogP contribution in [-0.4, -0.2) is 20.0 Å². The molecule has 3 nitrogen and oxygen atoms in total. The maximum atomic E-state index is 13.1. The highest BCUT2D eigenvalue weighted by atomic mass is 35.5. The van der Waals surface area contributed by atoms with Crippen LogP contribution in [0.3, 0.4) is 0 Å². The number of anilines is 2. The zero-order chi connectivity index (χ0) is 19.0. The van der Waals surface area contributed by atoms with E-state index < -0.39 is 0 Å². The molecule has 1 aliphatic rings. The Balaban J connectivity index is 1.75. The number of β-lactam (4-membered cyclic amide) rings is 1. The Labute approximate surface area is 164 Å². The summed E-state index contributed by atoms with van der Waals surface area (Å²) in [5.41, 5.74) is 4.19. The van der Waals surface area contributed by atoms with Gasteiger partial charge in [0.25, 0.3) is 0 Å². The van der Waals surface area contributed by atoms with Gasteiger partial charge in [-0.15, -0.1) is 0 Å². The number of nitrogens with zero attached hydrogens (tertiary/aromatic N) is 2. The van der Waals surface area contributed by atoms with Crippen molar-refractivity contribution in [2.45, 2.75) is 12.0 Å². The Morgan fingerprint density at radius 3 is 2.04 bits per heavy atom. The fourth-order valence-corrected chi connectivity index (χ4v) is 3.80. The van der Waals surface area contributed by atoms with Crippen molar-refractivity contribution in [3.63, 3.8) is 0 Å². The molecule has 1 aliphatic heterocycles. The normalized spacial score (nSPS) is 18.9. The summed E-state index contributed by atoms with van der Waals surface area (Å²) in [7, 11) is 4.04. The fraction of sp³-hybridized carbons (Fsp3) is 0.174. The van der Waals surface area contributed by atoms with Crippen LogP contribution in [0.4, 0.5) is 11.4 Å². The van der Waals surface area contributed by atoms with Crippen LogP contribution < -0.4 is 9.80 Å². The number of carbonyl (C=O) groups is 1. The molecule has 0 spiro atoms. The first-order chi connectivity index (χ1) is 13.1. The van der Waals surface area contributed by atoms with Gasteiger partial charge in [-0.2, -0.15) is 0 Å². The SMILES string of the molecule is CN(C)c1ccc([C@H]2[C@@H](c3ccccc3)C(=O)N2c2ccc(Cl)cc2)cc1. The topological polar surface area (TPSA) is 23.6 Å². The van der Waals surface area contributed by atoms with E-state index in [4.69, 9.17) is 11.6 Å². The minimum absolute atomic E-state index is 0.0303. The number of amides is 1. The third kappa shape index (κ3) is 3.19. The standard InChI is InChI=1S/C23H21ClN2O/c1-25(2)19-12-8-17(9-13-19)22-21(16-6-4-3-5-7-16)23(27)26(22)20-14-10-18(24)11-15-20/h3-15,21-22H,1-2H3/t21-,22+/m1/s1. The molecule has 0 saturated carbocycles. The quantitative estimate of drug-likeness (QED) is 0.578. The van der Waals surface area contributed by atoms with Gasteiger partial charge in [0.15, 0.2) is 0 Å². The summed E-state index contributed by atoms with van der Waals surface area (Å²) in [5.74, 6) is -0.0581. The molecule has 3 aromatic carbocycles. The molecule has 1 fully saturated rings. The van der Waals surface area contributed by atoms with Gasteiger partial charge in [-0.1, -0.05) is 54.1 Å². The maximum absolute atomic E-state index is 13.1. The van der Waals surface area contributed by atoms with E-state index in [1.165, 1.54) is 0 Å². The molecule has 0 radical (unpaired) electrons. The number of carbonyl (C=O) groups excluding carboxylic acids is 1. The van der Waals surface area contributed by atoms with Gasteiger partial charge >= 0.3 is 0 Å². The molecule has 1 saturated heterocycles. The lowest BCUT2D eigenvalue weighted by atomic mass is 9.77. The molecule has 0 N–H and O–H groups in total. The predicted molar refractivity (Wildman–Crippen MR) is 112 cm³/mol. The van der Waals surface area contributed by atoms with Gasteiger partial charge in [-0.25, -0.2) is 0 Å². The van der Waals surface area contributed by atoms with Gasteiger partial charge in [-0.3, -0.25) is 4.79 Å². The van der Waals surface area contributed by atoms with Gasteiger partial charge in [-0.05, 0) is 47.5 Å². The number of rotatable bonds is 4.